The summed E-state index contributed by atoms with van der Waals surface area (Å²) in [5, 5.41) is 10.00. The predicted octanol–water partition coefficient (Wildman–Crippen LogP) is 2.55. The molecule has 1 heterocycles. The summed E-state index contributed by atoms with van der Waals surface area (Å²) in [5.74, 6) is 0.461. The zero-order valence-corrected chi connectivity index (χ0v) is 10.8. The first-order chi connectivity index (χ1) is 7.99. The van der Waals surface area contributed by atoms with E-state index in [1.54, 1.807) is 13.0 Å². The normalized spacial score (nSPS) is 19.7. The van der Waals surface area contributed by atoms with Crippen LogP contribution in [0.2, 0.25) is 5.02 Å². The molecule has 4 heteroatoms. The molecule has 0 fully saturated rings. The standard InChI is InChI=1S/C13H16ClNO2/c1-8-7-15(9(2)16)4-3-10-5-13(17)12(14)6-11(8)10/h5-6,8,17H,3-4,7H2,1-2H3. The first kappa shape index (κ1) is 12.2. The number of aromatic hydroxyl groups is 1. The molecule has 0 aliphatic carbocycles. The van der Waals surface area contributed by atoms with Crippen LogP contribution in [0.15, 0.2) is 12.1 Å². The van der Waals surface area contributed by atoms with Crippen LogP contribution in [0, 0.1) is 0 Å². The van der Waals surface area contributed by atoms with E-state index < -0.39 is 0 Å². The second-order valence-corrected chi connectivity index (χ2v) is 5.03. The van der Waals surface area contributed by atoms with Gasteiger partial charge in [-0.25, -0.2) is 0 Å². The van der Waals surface area contributed by atoms with Gasteiger partial charge in [-0.15, -0.1) is 0 Å². The minimum Gasteiger partial charge on any atom is -0.506 e. The lowest BCUT2D eigenvalue weighted by molar-refractivity contribution is -0.128. The van der Waals surface area contributed by atoms with Crippen LogP contribution in [0.5, 0.6) is 5.75 Å². The summed E-state index contributed by atoms with van der Waals surface area (Å²) in [6, 6.07) is 3.54. The molecule has 3 nitrogen and oxygen atoms in total. The zero-order valence-electron chi connectivity index (χ0n) is 10.0. The third-order valence-electron chi connectivity index (χ3n) is 3.33. The Hall–Kier alpha value is -1.22. The summed E-state index contributed by atoms with van der Waals surface area (Å²) in [6.45, 7) is 5.08. The summed E-state index contributed by atoms with van der Waals surface area (Å²) in [7, 11) is 0. The largest absolute Gasteiger partial charge is 0.506 e. The zero-order chi connectivity index (χ0) is 12.6. The van der Waals surface area contributed by atoms with Crippen molar-refractivity contribution in [1.29, 1.82) is 0 Å². The Morgan fingerprint density at radius 3 is 2.88 bits per heavy atom. The number of halogens is 1. The monoisotopic (exact) mass is 253 g/mol. The van der Waals surface area contributed by atoms with Crippen molar-refractivity contribution in [3.8, 4) is 5.75 Å². The van der Waals surface area contributed by atoms with Gasteiger partial charge in [-0.2, -0.15) is 0 Å². The third-order valence-corrected chi connectivity index (χ3v) is 3.63. The minimum absolute atomic E-state index is 0.0972. The number of phenols is 1. The number of hydrogen-bond donors (Lipinski definition) is 1. The van der Waals surface area contributed by atoms with Crippen LogP contribution in [0.3, 0.4) is 0 Å². The molecule has 1 aromatic rings. The maximum absolute atomic E-state index is 11.4. The van der Waals surface area contributed by atoms with E-state index in [2.05, 4.69) is 6.92 Å². The van der Waals surface area contributed by atoms with E-state index in [0.29, 0.717) is 18.1 Å². The van der Waals surface area contributed by atoms with E-state index in [1.165, 1.54) is 0 Å². The average molecular weight is 254 g/mol. The molecule has 0 saturated heterocycles. The number of carbonyl (C=O) groups is 1. The molecule has 92 valence electrons. The summed E-state index contributed by atoms with van der Waals surface area (Å²) in [6.07, 6.45) is 0.768. The fraction of sp³-hybridized carbons (Fsp3) is 0.462. The molecular weight excluding hydrogens is 238 g/mol. The number of hydrogen-bond acceptors (Lipinski definition) is 2. The van der Waals surface area contributed by atoms with Crippen LogP contribution in [0.25, 0.3) is 0 Å². The van der Waals surface area contributed by atoms with E-state index in [4.69, 9.17) is 11.6 Å². The molecule has 0 radical (unpaired) electrons. The van der Waals surface area contributed by atoms with Gasteiger partial charge in [0.15, 0.2) is 0 Å². The summed E-state index contributed by atoms with van der Waals surface area (Å²) in [5.41, 5.74) is 2.22. The third kappa shape index (κ3) is 2.39. The van der Waals surface area contributed by atoms with Crippen molar-refractivity contribution in [2.75, 3.05) is 13.1 Å². The van der Waals surface area contributed by atoms with Gasteiger partial charge >= 0.3 is 0 Å². The smallest absolute Gasteiger partial charge is 0.219 e. The lowest BCUT2D eigenvalue weighted by Gasteiger charge is -2.21. The number of carbonyl (C=O) groups excluding carboxylic acids is 1. The van der Waals surface area contributed by atoms with E-state index >= 15 is 0 Å². The van der Waals surface area contributed by atoms with Crippen molar-refractivity contribution in [2.45, 2.75) is 26.2 Å². The van der Waals surface area contributed by atoms with Crippen LogP contribution in [-0.2, 0) is 11.2 Å². The van der Waals surface area contributed by atoms with Crippen LogP contribution in [0.4, 0.5) is 0 Å². The molecular formula is C13H16ClNO2. The van der Waals surface area contributed by atoms with Crippen molar-refractivity contribution < 1.29 is 9.90 Å². The second-order valence-electron chi connectivity index (χ2n) is 4.62. The van der Waals surface area contributed by atoms with Crippen molar-refractivity contribution >= 4 is 17.5 Å². The molecule has 2 rings (SSSR count). The Bertz CT molecular complexity index is 459. The Balaban J connectivity index is 2.37. The molecule has 1 unspecified atom stereocenters. The molecule has 0 aromatic heterocycles. The number of nitrogens with zero attached hydrogens (tertiary/aromatic N) is 1. The molecule has 17 heavy (non-hydrogen) atoms. The van der Waals surface area contributed by atoms with Crippen molar-refractivity contribution in [3.63, 3.8) is 0 Å². The maximum atomic E-state index is 11.4. The molecule has 0 spiro atoms. The molecule has 1 N–H and O–H groups in total. The van der Waals surface area contributed by atoms with Crippen LogP contribution < -0.4 is 0 Å². The van der Waals surface area contributed by atoms with E-state index in [0.717, 1.165) is 17.5 Å². The van der Waals surface area contributed by atoms with E-state index in [9.17, 15) is 9.90 Å². The summed E-state index contributed by atoms with van der Waals surface area (Å²) >= 11 is 5.93. The van der Waals surface area contributed by atoms with Gasteiger partial charge in [0.25, 0.3) is 0 Å². The molecule has 1 amide bonds. The topological polar surface area (TPSA) is 40.5 Å². The lowest BCUT2D eigenvalue weighted by Crippen LogP contribution is -2.32. The number of fused-ring (bicyclic) bond motifs is 1. The lowest BCUT2D eigenvalue weighted by atomic mass is 9.95. The fourth-order valence-electron chi connectivity index (χ4n) is 2.36. The highest BCUT2D eigenvalue weighted by Gasteiger charge is 2.22. The number of rotatable bonds is 0. The van der Waals surface area contributed by atoms with Gasteiger partial charge in [-0.3, -0.25) is 4.79 Å². The highest BCUT2D eigenvalue weighted by molar-refractivity contribution is 6.32. The quantitative estimate of drug-likeness (QED) is 0.772. The van der Waals surface area contributed by atoms with Gasteiger partial charge in [-0.1, -0.05) is 18.5 Å². The maximum Gasteiger partial charge on any atom is 0.219 e. The SMILES string of the molecule is CC(=O)N1CCc2cc(O)c(Cl)cc2C(C)C1. The molecule has 1 aliphatic rings. The molecule has 1 aromatic carbocycles. The van der Waals surface area contributed by atoms with Gasteiger partial charge in [0.2, 0.25) is 5.91 Å². The summed E-state index contributed by atoms with van der Waals surface area (Å²) < 4.78 is 0. The number of amides is 1. The van der Waals surface area contributed by atoms with Gasteiger partial charge in [-0.05, 0) is 35.6 Å². The van der Waals surface area contributed by atoms with Crippen LogP contribution in [-0.4, -0.2) is 29.0 Å². The second kappa shape index (κ2) is 4.57. The van der Waals surface area contributed by atoms with Crippen LogP contribution >= 0.6 is 11.6 Å². The Labute approximate surface area is 106 Å². The van der Waals surface area contributed by atoms with Gasteiger partial charge in [0.05, 0.1) is 5.02 Å². The minimum atomic E-state index is 0.0972. The van der Waals surface area contributed by atoms with Crippen molar-refractivity contribution in [1.82, 2.24) is 4.90 Å². The number of phenolic OH excluding ortho intramolecular Hbond substituents is 1. The fourth-order valence-corrected chi connectivity index (χ4v) is 2.53. The highest BCUT2D eigenvalue weighted by atomic mass is 35.5. The molecule has 1 aliphatic heterocycles. The molecule has 0 bridgehead atoms. The van der Waals surface area contributed by atoms with E-state index in [-0.39, 0.29) is 17.6 Å². The number of benzene rings is 1. The Kier molecular flexibility index (Phi) is 3.29. The Morgan fingerprint density at radius 2 is 2.24 bits per heavy atom. The van der Waals surface area contributed by atoms with Crippen molar-refractivity contribution in [2.24, 2.45) is 0 Å². The van der Waals surface area contributed by atoms with Gasteiger partial charge in [0.1, 0.15) is 5.75 Å². The summed E-state index contributed by atoms with van der Waals surface area (Å²) in [4.78, 5) is 13.3. The molecule has 0 saturated carbocycles. The van der Waals surface area contributed by atoms with Gasteiger partial charge < -0.3 is 10.0 Å². The first-order valence-corrected chi connectivity index (χ1v) is 6.13. The predicted molar refractivity (Wildman–Crippen MR) is 67.5 cm³/mol. The van der Waals surface area contributed by atoms with Crippen LogP contribution in [0.1, 0.15) is 30.9 Å². The van der Waals surface area contributed by atoms with Crippen molar-refractivity contribution in [3.05, 3.63) is 28.3 Å². The average Bonchev–Trinajstić information content (AvgIpc) is 2.41. The first-order valence-electron chi connectivity index (χ1n) is 5.76. The highest BCUT2D eigenvalue weighted by Crippen LogP contribution is 2.33. The van der Waals surface area contributed by atoms with Gasteiger partial charge in [0, 0.05) is 20.0 Å². The molecule has 1 atom stereocenters. The van der Waals surface area contributed by atoms with E-state index in [1.807, 2.05) is 11.0 Å². The Morgan fingerprint density at radius 1 is 1.53 bits per heavy atom.